The van der Waals surface area contributed by atoms with E-state index in [2.05, 4.69) is 26.9 Å². The maximum atomic E-state index is 4.62. The minimum Gasteiger partial charge on any atom is -0.364 e. The van der Waals surface area contributed by atoms with Crippen LogP contribution in [0.15, 0.2) is 4.52 Å². The summed E-state index contributed by atoms with van der Waals surface area (Å²) in [5, 5.41) is 2.40. The summed E-state index contributed by atoms with van der Waals surface area (Å²) in [6, 6.07) is 0. The molecule has 0 saturated carbocycles. The second-order valence-electron chi connectivity index (χ2n) is 1.14. The SMILES string of the molecule is CC.CC.Cc1nc(=S)[nH]o1. The van der Waals surface area contributed by atoms with Gasteiger partial charge in [-0.25, -0.2) is 0 Å². The zero-order chi connectivity index (χ0) is 9.28. The van der Waals surface area contributed by atoms with Crippen LogP contribution in [-0.2, 0) is 0 Å². The summed E-state index contributed by atoms with van der Waals surface area (Å²) in [5.41, 5.74) is 0. The van der Waals surface area contributed by atoms with E-state index in [9.17, 15) is 0 Å². The Morgan fingerprint density at radius 2 is 1.73 bits per heavy atom. The average Bonchev–Trinajstić information content (AvgIpc) is 2.43. The van der Waals surface area contributed by atoms with Gasteiger partial charge >= 0.3 is 0 Å². The van der Waals surface area contributed by atoms with E-state index in [1.54, 1.807) is 6.92 Å². The van der Waals surface area contributed by atoms with E-state index in [4.69, 9.17) is 0 Å². The fraction of sp³-hybridized carbons (Fsp3) is 0.714. The van der Waals surface area contributed by atoms with Crippen molar-refractivity contribution in [1.29, 1.82) is 0 Å². The first kappa shape index (κ1) is 13.0. The lowest BCUT2D eigenvalue weighted by molar-refractivity contribution is 0.391. The van der Waals surface area contributed by atoms with E-state index in [0.717, 1.165) is 0 Å². The second-order valence-corrected chi connectivity index (χ2v) is 1.53. The van der Waals surface area contributed by atoms with Crippen LogP contribution in [-0.4, -0.2) is 10.1 Å². The molecule has 0 aliphatic rings. The largest absolute Gasteiger partial charge is 0.364 e. The van der Waals surface area contributed by atoms with Gasteiger partial charge in [0.2, 0.25) is 10.7 Å². The molecule has 0 aromatic carbocycles. The molecule has 3 nitrogen and oxygen atoms in total. The highest BCUT2D eigenvalue weighted by atomic mass is 32.1. The monoisotopic (exact) mass is 176 g/mol. The lowest BCUT2D eigenvalue weighted by atomic mass is 10.8. The molecule has 0 bridgehead atoms. The molecule has 0 unspecified atom stereocenters. The Bertz CT molecular complexity index is 204. The Morgan fingerprint density at radius 3 is 1.82 bits per heavy atom. The highest BCUT2D eigenvalue weighted by Crippen LogP contribution is 1.85. The smallest absolute Gasteiger partial charge is 0.229 e. The second kappa shape index (κ2) is 9.36. The third-order valence-electron chi connectivity index (χ3n) is 0.545. The Hall–Kier alpha value is -0.640. The lowest BCUT2D eigenvalue weighted by Gasteiger charge is -1.65. The van der Waals surface area contributed by atoms with Crippen LogP contribution in [0.4, 0.5) is 0 Å². The molecule has 0 spiro atoms. The maximum absolute atomic E-state index is 4.62. The van der Waals surface area contributed by atoms with Crippen molar-refractivity contribution in [2.24, 2.45) is 0 Å². The molecule has 0 aliphatic heterocycles. The zero-order valence-electron chi connectivity index (χ0n) is 7.76. The Morgan fingerprint density at radius 1 is 1.27 bits per heavy atom. The molecule has 1 aromatic rings. The molecule has 66 valence electrons. The van der Waals surface area contributed by atoms with Gasteiger partial charge in [0.05, 0.1) is 0 Å². The number of nitrogens with one attached hydrogen (secondary N) is 1. The molecule has 1 N–H and O–H groups in total. The molecule has 4 heteroatoms. The Labute approximate surface area is 72.8 Å². The van der Waals surface area contributed by atoms with Crippen LogP contribution in [0, 0.1) is 11.7 Å². The minimum absolute atomic E-state index is 0.400. The van der Waals surface area contributed by atoms with Crippen molar-refractivity contribution in [3.05, 3.63) is 10.7 Å². The van der Waals surface area contributed by atoms with Gasteiger partial charge in [0.15, 0.2) is 0 Å². The van der Waals surface area contributed by atoms with Crippen molar-refractivity contribution in [2.45, 2.75) is 34.6 Å². The summed E-state index contributed by atoms with van der Waals surface area (Å²) in [4.78, 5) is 3.70. The quantitative estimate of drug-likeness (QED) is 0.618. The lowest BCUT2D eigenvalue weighted by Crippen LogP contribution is -1.62. The van der Waals surface area contributed by atoms with Gasteiger partial charge in [-0.05, 0) is 12.2 Å². The van der Waals surface area contributed by atoms with Gasteiger partial charge in [0.1, 0.15) is 0 Å². The fourth-order valence-corrected chi connectivity index (χ4v) is 0.476. The number of rotatable bonds is 0. The van der Waals surface area contributed by atoms with Gasteiger partial charge in [-0.15, -0.1) is 0 Å². The van der Waals surface area contributed by atoms with Gasteiger partial charge < -0.3 is 4.52 Å². The highest BCUT2D eigenvalue weighted by Gasteiger charge is 1.83. The first-order valence-corrected chi connectivity index (χ1v) is 4.22. The van der Waals surface area contributed by atoms with Crippen molar-refractivity contribution in [3.63, 3.8) is 0 Å². The average molecular weight is 176 g/mol. The highest BCUT2D eigenvalue weighted by molar-refractivity contribution is 7.71. The zero-order valence-corrected chi connectivity index (χ0v) is 8.58. The maximum Gasteiger partial charge on any atom is 0.229 e. The van der Waals surface area contributed by atoms with E-state index in [1.165, 1.54) is 0 Å². The van der Waals surface area contributed by atoms with Gasteiger partial charge in [0, 0.05) is 6.92 Å². The molecular formula is C7H16N2OS. The van der Waals surface area contributed by atoms with Crippen LogP contribution in [0.5, 0.6) is 0 Å². The van der Waals surface area contributed by atoms with E-state index in [-0.39, 0.29) is 0 Å². The molecule has 1 heterocycles. The van der Waals surface area contributed by atoms with Crippen LogP contribution in [0.3, 0.4) is 0 Å². The molecule has 1 aromatic heterocycles. The molecular weight excluding hydrogens is 160 g/mol. The van der Waals surface area contributed by atoms with Crippen LogP contribution in [0.2, 0.25) is 0 Å². The molecule has 0 atom stereocenters. The topological polar surface area (TPSA) is 41.8 Å². The van der Waals surface area contributed by atoms with Gasteiger partial charge in [0.25, 0.3) is 0 Å². The van der Waals surface area contributed by atoms with Gasteiger partial charge in [-0.1, -0.05) is 27.7 Å². The van der Waals surface area contributed by atoms with E-state index < -0.39 is 0 Å². The summed E-state index contributed by atoms with van der Waals surface area (Å²) in [6.07, 6.45) is 0. The van der Waals surface area contributed by atoms with Gasteiger partial charge in [-0.3, -0.25) is 0 Å². The van der Waals surface area contributed by atoms with E-state index in [1.807, 2.05) is 27.7 Å². The summed E-state index contributed by atoms with van der Waals surface area (Å²) < 4.78 is 5.02. The van der Waals surface area contributed by atoms with Crippen molar-refractivity contribution in [1.82, 2.24) is 10.1 Å². The molecule has 0 radical (unpaired) electrons. The van der Waals surface area contributed by atoms with Crippen LogP contribution < -0.4 is 0 Å². The van der Waals surface area contributed by atoms with Crippen LogP contribution in [0.25, 0.3) is 0 Å². The van der Waals surface area contributed by atoms with Crippen molar-refractivity contribution in [2.75, 3.05) is 0 Å². The van der Waals surface area contributed by atoms with Crippen molar-refractivity contribution in [3.8, 4) is 0 Å². The standard InChI is InChI=1S/C3H4N2OS.2C2H6/c1-2-4-3(7)5-6-2;2*1-2/h1H3,(H,5,7);2*1-2H3. The van der Waals surface area contributed by atoms with Crippen molar-refractivity contribution >= 4 is 12.2 Å². The number of aromatic amines is 1. The Kier molecular flexibility index (Phi) is 11.1. The van der Waals surface area contributed by atoms with Crippen molar-refractivity contribution < 1.29 is 4.52 Å². The van der Waals surface area contributed by atoms with E-state index in [0.29, 0.717) is 10.7 Å². The summed E-state index contributed by atoms with van der Waals surface area (Å²) >= 11 is 4.57. The number of hydrogen-bond donors (Lipinski definition) is 1. The first-order valence-electron chi connectivity index (χ1n) is 3.81. The molecule has 0 amide bonds. The first-order chi connectivity index (χ1) is 5.29. The van der Waals surface area contributed by atoms with Crippen LogP contribution >= 0.6 is 12.2 Å². The third kappa shape index (κ3) is 7.25. The molecule has 0 fully saturated rings. The summed E-state index contributed by atoms with van der Waals surface area (Å²) in [5.74, 6) is 0.574. The number of hydrogen-bond acceptors (Lipinski definition) is 3. The number of aryl methyl sites for hydroxylation is 1. The predicted octanol–water partition coefficient (Wildman–Crippen LogP) is 3.09. The summed E-state index contributed by atoms with van der Waals surface area (Å²) in [6.45, 7) is 9.73. The number of H-pyrrole nitrogens is 1. The van der Waals surface area contributed by atoms with Crippen LogP contribution in [0.1, 0.15) is 33.6 Å². The fourth-order valence-electron chi connectivity index (χ4n) is 0.306. The predicted molar refractivity (Wildman–Crippen MR) is 49.1 cm³/mol. The Balaban J connectivity index is 0. The summed E-state index contributed by atoms with van der Waals surface area (Å²) in [7, 11) is 0. The number of aromatic nitrogens is 2. The normalized spacial score (nSPS) is 7.00. The molecule has 0 saturated heterocycles. The van der Waals surface area contributed by atoms with Gasteiger partial charge in [-0.2, -0.15) is 10.1 Å². The molecule has 11 heavy (non-hydrogen) atoms. The molecule has 1 rings (SSSR count). The third-order valence-corrected chi connectivity index (χ3v) is 0.720. The number of nitrogens with zero attached hydrogens (tertiary/aromatic N) is 1. The molecule has 0 aliphatic carbocycles. The van der Waals surface area contributed by atoms with E-state index >= 15 is 0 Å². The minimum atomic E-state index is 0.400.